The molecule has 0 spiro atoms. The third kappa shape index (κ3) is 4.85. The van der Waals surface area contributed by atoms with Crippen molar-refractivity contribution in [3.05, 3.63) is 64.9 Å². The maximum absolute atomic E-state index is 14.7. The van der Waals surface area contributed by atoms with Gasteiger partial charge in [-0.25, -0.2) is 22.2 Å². The summed E-state index contributed by atoms with van der Waals surface area (Å²) in [5, 5.41) is 3.83. The first-order chi connectivity index (χ1) is 15.3. The lowest BCUT2D eigenvalue weighted by Crippen LogP contribution is -2.44. The van der Waals surface area contributed by atoms with Gasteiger partial charge in [0.2, 0.25) is 5.13 Å². The molecule has 170 valence electrons. The van der Waals surface area contributed by atoms with E-state index in [1.54, 1.807) is 12.1 Å². The van der Waals surface area contributed by atoms with Gasteiger partial charge in [-0.05, 0) is 43.6 Å². The fourth-order valence-corrected chi connectivity index (χ4v) is 5.52. The molecule has 1 aromatic heterocycles. The summed E-state index contributed by atoms with van der Waals surface area (Å²) in [5.74, 6) is -2.47. The van der Waals surface area contributed by atoms with Gasteiger partial charge in [-0.1, -0.05) is 23.7 Å². The second-order valence-corrected chi connectivity index (χ2v) is 10.3. The summed E-state index contributed by atoms with van der Waals surface area (Å²) >= 11 is 6.78. The Labute approximate surface area is 193 Å². The monoisotopic (exact) mass is 500 g/mol. The second-order valence-electron chi connectivity index (χ2n) is 7.39. The van der Waals surface area contributed by atoms with Gasteiger partial charge in [0.1, 0.15) is 17.0 Å². The first-order valence-corrected chi connectivity index (χ1v) is 12.3. The van der Waals surface area contributed by atoms with Crippen LogP contribution in [0.15, 0.2) is 47.6 Å². The summed E-state index contributed by atoms with van der Waals surface area (Å²) < 4.78 is 65.7. The summed E-state index contributed by atoms with van der Waals surface area (Å²) in [7, 11) is -4.38. The molecule has 1 saturated heterocycles. The van der Waals surface area contributed by atoms with E-state index in [1.807, 2.05) is 12.1 Å². The fourth-order valence-electron chi connectivity index (χ4n) is 3.66. The zero-order valence-electron chi connectivity index (χ0n) is 16.6. The first kappa shape index (κ1) is 22.8. The Morgan fingerprint density at radius 3 is 2.53 bits per heavy atom. The number of halogens is 3. The van der Waals surface area contributed by atoms with Crippen molar-refractivity contribution in [1.82, 2.24) is 14.7 Å². The summed E-state index contributed by atoms with van der Waals surface area (Å²) in [6.07, 6.45) is 2.61. The lowest BCUT2D eigenvalue weighted by atomic mass is 9.74. The van der Waals surface area contributed by atoms with Crippen LogP contribution in [0.25, 0.3) is 0 Å². The molecule has 0 bridgehead atoms. The number of rotatable bonds is 7. The van der Waals surface area contributed by atoms with E-state index in [0.29, 0.717) is 11.1 Å². The van der Waals surface area contributed by atoms with Crippen molar-refractivity contribution in [1.29, 1.82) is 0 Å². The van der Waals surface area contributed by atoms with Crippen LogP contribution in [0.3, 0.4) is 0 Å². The van der Waals surface area contributed by atoms with Gasteiger partial charge in [0.05, 0.1) is 6.61 Å². The van der Waals surface area contributed by atoms with Crippen molar-refractivity contribution < 1.29 is 21.9 Å². The lowest BCUT2D eigenvalue weighted by molar-refractivity contribution is 0.170. The van der Waals surface area contributed by atoms with E-state index in [0.717, 1.165) is 55.4 Å². The number of ether oxygens (including phenoxy) is 1. The second kappa shape index (κ2) is 9.26. The van der Waals surface area contributed by atoms with Crippen molar-refractivity contribution in [3.8, 4) is 5.75 Å². The van der Waals surface area contributed by atoms with E-state index in [2.05, 4.69) is 19.4 Å². The van der Waals surface area contributed by atoms with Gasteiger partial charge < -0.3 is 10.1 Å². The van der Waals surface area contributed by atoms with Crippen LogP contribution in [0.5, 0.6) is 5.75 Å². The first-order valence-electron chi connectivity index (χ1n) is 9.67. The van der Waals surface area contributed by atoms with Crippen LogP contribution in [0.4, 0.5) is 13.9 Å². The van der Waals surface area contributed by atoms with Gasteiger partial charge >= 0.3 is 0 Å². The molecule has 12 heteroatoms. The minimum Gasteiger partial charge on any atom is -0.489 e. The zero-order valence-corrected chi connectivity index (χ0v) is 19.0. The van der Waals surface area contributed by atoms with Crippen LogP contribution in [0.2, 0.25) is 5.02 Å². The molecule has 1 aliphatic heterocycles. The molecule has 0 aliphatic carbocycles. The van der Waals surface area contributed by atoms with E-state index in [4.69, 9.17) is 16.3 Å². The minimum absolute atomic E-state index is 0.0547. The average Bonchev–Trinajstić information content (AvgIpc) is 3.27. The topological polar surface area (TPSA) is 93.2 Å². The van der Waals surface area contributed by atoms with E-state index in [1.165, 1.54) is 0 Å². The summed E-state index contributed by atoms with van der Waals surface area (Å²) in [6.45, 7) is 1.59. The minimum atomic E-state index is -4.38. The number of anilines is 1. The average molecular weight is 501 g/mol. The number of hydrogen-bond donors (Lipinski definition) is 2. The molecule has 0 radical (unpaired) electrons. The Morgan fingerprint density at radius 2 is 1.88 bits per heavy atom. The maximum Gasteiger partial charge on any atom is 0.266 e. The third-order valence-corrected chi connectivity index (χ3v) is 7.70. The summed E-state index contributed by atoms with van der Waals surface area (Å²) in [6, 6.07) is 8.73. The van der Waals surface area contributed by atoms with Crippen molar-refractivity contribution >= 4 is 38.3 Å². The number of aromatic nitrogens is 2. The zero-order chi connectivity index (χ0) is 22.8. The molecule has 0 amide bonds. The Kier molecular flexibility index (Phi) is 6.61. The lowest BCUT2D eigenvalue weighted by Gasteiger charge is -2.38. The Morgan fingerprint density at radius 1 is 1.16 bits per heavy atom. The molecular formula is C20H19ClF2N4O3S2. The number of benzene rings is 2. The van der Waals surface area contributed by atoms with Gasteiger partial charge in [-0.15, -0.1) is 0 Å². The van der Waals surface area contributed by atoms with Gasteiger partial charge in [-0.3, -0.25) is 4.72 Å². The molecule has 4 rings (SSSR count). The van der Waals surface area contributed by atoms with Gasteiger partial charge in [-0.2, -0.15) is 4.37 Å². The Hall–Kier alpha value is -2.34. The number of piperidine rings is 1. The number of nitrogens with one attached hydrogen (secondary N) is 2. The third-order valence-electron chi connectivity index (χ3n) is 5.38. The molecule has 1 fully saturated rings. The Balaban J connectivity index is 1.57. The SMILES string of the molecule is O=S(=O)(Nc1ncns1)c1cc(F)c(OCC2(c3ccc(Cl)cc3)CCNCC2)cc1F. The smallest absolute Gasteiger partial charge is 0.266 e. The molecule has 0 saturated carbocycles. The number of nitrogens with zero attached hydrogens (tertiary/aromatic N) is 2. The van der Waals surface area contributed by atoms with Crippen molar-refractivity contribution in [3.63, 3.8) is 0 Å². The van der Waals surface area contributed by atoms with Crippen molar-refractivity contribution in [2.45, 2.75) is 23.2 Å². The van der Waals surface area contributed by atoms with Crippen LogP contribution in [-0.4, -0.2) is 37.5 Å². The number of sulfonamides is 1. The van der Waals surface area contributed by atoms with Crippen molar-refractivity contribution in [2.24, 2.45) is 0 Å². The van der Waals surface area contributed by atoms with Crippen LogP contribution in [-0.2, 0) is 15.4 Å². The van der Waals surface area contributed by atoms with Crippen LogP contribution in [0.1, 0.15) is 18.4 Å². The van der Waals surface area contributed by atoms with Gasteiger partial charge in [0.25, 0.3) is 10.0 Å². The standard InChI is InChI=1S/C20H19ClF2N4O3S2/c21-14-3-1-13(2-4-14)20(5-7-24-8-6-20)11-30-17-9-16(23)18(10-15(17)22)32(28,29)27-19-25-12-26-31-19/h1-4,9-10,12,24H,5-8,11H2,(H,25,26,27). The van der Waals surface area contributed by atoms with E-state index in [9.17, 15) is 17.2 Å². The van der Waals surface area contributed by atoms with E-state index >= 15 is 0 Å². The summed E-state index contributed by atoms with van der Waals surface area (Å²) in [4.78, 5) is 2.84. The van der Waals surface area contributed by atoms with Crippen molar-refractivity contribution in [2.75, 3.05) is 24.4 Å². The quantitative estimate of drug-likeness (QED) is 0.510. The predicted molar refractivity (Wildman–Crippen MR) is 118 cm³/mol. The molecular weight excluding hydrogens is 482 g/mol. The normalized spacial score (nSPS) is 16.0. The Bertz CT molecular complexity index is 1190. The highest BCUT2D eigenvalue weighted by atomic mass is 35.5. The van der Waals surface area contributed by atoms with Crippen LogP contribution >= 0.6 is 23.1 Å². The summed E-state index contributed by atoms with van der Waals surface area (Å²) in [5.41, 5.74) is 0.577. The molecule has 2 N–H and O–H groups in total. The fraction of sp³-hybridized carbons (Fsp3) is 0.300. The molecule has 1 aliphatic rings. The largest absolute Gasteiger partial charge is 0.489 e. The molecule has 7 nitrogen and oxygen atoms in total. The number of hydrogen-bond acceptors (Lipinski definition) is 7. The van der Waals surface area contributed by atoms with E-state index < -0.39 is 32.0 Å². The van der Waals surface area contributed by atoms with Crippen LogP contribution < -0.4 is 14.8 Å². The van der Waals surface area contributed by atoms with E-state index in [-0.39, 0.29) is 17.5 Å². The highest BCUT2D eigenvalue weighted by molar-refractivity contribution is 7.93. The molecule has 2 heterocycles. The maximum atomic E-state index is 14.7. The molecule has 3 aromatic rings. The van der Waals surface area contributed by atoms with Crippen LogP contribution in [0, 0.1) is 11.6 Å². The van der Waals surface area contributed by atoms with Gasteiger partial charge in [0.15, 0.2) is 11.6 Å². The molecule has 0 unspecified atom stereocenters. The molecule has 0 atom stereocenters. The highest BCUT2D eigenvalue weighted by Crippen LogP contribution is 2.36. The molecule has 32 heavy (non-hydrogen) atoms. The highest BCUT2D eigenvalue weighted by Gasteiger charge is 2.35. The molecule has 2 aromatic carbocycles. The van der Waals surface area contributed by atoms with Gasteiger partial charge in [0, 0.05) is 34.1 Å². The predicted octanol–water partition coefficient (Wildman–Crippen LogP) is 3.97.